The van der Waals surface area contributed by atoms with Crippen molar-refractivity contribution in [3.8, 4) is 0 Å². The standard InChI is InChI=1S/C18H18ClFN2O2/c1-18(2,17(24)22-15-9-5-13(19)6-10-15)16(23)21-11-12-3-7-14(20)8-4-12/h3-10H,11H2,1-2H3,(H,21,23)(H,22,24). The van der Waals surface area contributed by atoms with Crippen molar-refractivity contribution < 1.29 is 14.0 Å². The van der Waals surface area contributed by atoms with Crippen molar-refractivity contribution in [3.05, 3.63) is 64.9 Å². The first kappa shape index (κ1) is 17.9. The van der Waals surface area contributed by atoms with Crippen LogP contribution in [0.15, 0.2) is 48.5 Å². The zero-order chi connectivity index (χ0) is 17.7. The molecule has 0 saturated carbocycles. The Balaban J connectivity index is 1.96. The molecule has 0 atom stereocenters. The molecule has 0 aromatic heterocycles. The van der Waals surface area contributed by atoms with E-state index in [0.717, 1.165) is 5.56 Å². The van der Waals surface area contributed by atoms with E-state index in [1.807, 2.05) is 0 Å². The van der Waals surface area contributed by atoms with Gasteiger partial charge in [-0.05, 0) is 55.8 Å². The molecule has 6 heteroatoms. The van der Waals surface area contributed by atoms with E-state index in [1.165, 1.54) is 26.0 Å². The van der Waals surface area contributed by atoms with Gasteiger partial charge in [0.2, 0.25) is 11.8 Å². The third-order valence-electron chi connectivity index (χ3n) is 3.60. The quantitative estimate of drug-likeness (QED) is 0.808. The molecular weight excluding hydrogens is 331 g/mol. The molecule has 2 amide bonds. The van der Waals surface area contributed by atoms with Gasteiger partial charge in [-0.3, -0.25) is 9.59 Å². The van der Waals surface area contributed by atoms with Crippen LogP contribution >= 0.6 is 11.6 Å². The van der Waals surface area contributed by atoms with Crippen LogP contribution < -0.4 is 10.6 Å². The number of rotatable bonds is 5. The number of hydrogen-bond acceptors (Lipinski definition) is 2. The lowest BCUT2D eigenvalue weighted by molar-refractivity contribution is -0.138. The predicted molar refractivity (Wildman–Crippen MR) is 92.1 cm³/mol. The maximum Gasteiger partial charge on any atom is 0.239 e. The van der Waals surface area contributed by atoms with E-state index in [9.17, 15) is 14.0 Å². The highest BCUT2D eigenvalue weighted by Gasteiger charge is 2.35. The van der Waals surface area contributed by atoms with Gasteiger partial charge in [-0.15, -0.1) is 0 Å². The summed E-state index contributed by atoms with van der Waals surface area (Å²) >= 11 is 5.80. The molecule has 2 aromatic rings. The van der Waals surface area contributed by atoms with Crippen LogP contribution in [0.25, 0.3) is 0 Å². The summed E-state index contributed by atoms with van der Waals surface area (Å²) < 4.78 is 12.9. The number of carbonyl (C=O) groups is 2. The molecule has 0 aliphatic carbocycles. The zero-order valence-corrected chi connectivity index (χ0v) is 14.2. The molecule has 2 N–H and O–H groups in total. The van der Waals surface area contributed by atoms with Gasteiger partial charge in [0.05, 0.1) is 0 Å². The maximum absolute atomic E-state index is 12.9. The van der Waals surface area contributed by atoms with Gasteiger partial charge in [-0.1, -0.05) is 23.7 Å². The van der Waals surface area contributed by atoms with Gasteiger partial charge in [0.25, 0.3) is 0 Å². The van der Waals surface area contributed by atoms with Crippen molar-refractivity contribution in [2.24, 2.45) is 5.41 Å². The molecule has 4 nitrogen and oxygen atoms in total. The first-order valence-electron chi connectivity index (χ1n) is 7.39. The van der Waals surface area contributed by atoms with Gasteiger partial charge in [0.15, 0.2) is 0 Å². The predicted octanol–water partition coefficient (Wildman–Crippen LogP) is 3.76. The average molecular weight is 349 g/mol. The minimum Gasteiger partial charge on any atom is -0.351 e. The third-order valence-corrected chi connectivity index (χ3v) is 3.86. The molecule has 24 heavy (non-hydrogen) atoms. The number of nitrogens with one attached hydrogen (secondary N) is 2. The minimum atomic E-state index is -1.26. The van der Waals surface area contributed by atoms with E-state index >= 15 is 0 Å². The Hall–Kier alpha value is -2.40. The second-order valence-corrected chi connectivity index (χ2v) is 6.33. The van der Waals surface area contributed by atoms with Gasteiger partial charge in [0.1, 0.15) is 11.2 Å². The molecule has 0 saturated heterocycles. The van der Waals surface area contributed by atoms with Crippen LogP contribution in [0, 0.1) is 11.2 Å². The van der Waals surface area contributed by atoms with E-state index in [4.69, 9.17) is 11.6 Å². The zero-order valence-electron chi connectivity index (χ0n) is 13.4. The number of anilines is 1. The highest BCUT2D eigenvalue weighted by Crippen LogP contribution is 2.20. The highest BCUT2D eigenvalue weighted by molar-refractivity contribution is 6.30. The SMILES string of the molecule is CC(C)(C(=O)NCc1ccc(F)cc1)C(=O)Nc1ccc(Cl)cc1. The number of amides is 2. The summed E-state index contributed by atoms with van der Waals surface area (Å²) in [6, 6.07) is 12.4. The van der Waals surface area contributed by atoms with E-state index in [-0.39, 0.29) is 12.4 Å². The van der Waals surface area contributed by atoms with Crippen LogP contribution in [0.4, 0.5) is 10.1 Å². The van der Waals surface area contributed by atoms with Crippen LogP contribution in [-0.4, -0.2) is 11.8 Å². The smallest absolute Gasteiger partial charge is 0.239 e. The van der Waals surface area contributed by atoms with E-state index < -0.39 is 17.2 Å². The van der Waals surface area contributed by atoms with Crippen LogP contribution in [0.5, 0.6) is 0 Å². The molecule has 0 spiro atoms. The molecule has 2 rings (SSSR count). The van der Waals surface area contributed by atoms with Crippen LogP contribution in [0.2, 0.25) is 5.02 Å². The van der Waals surface area contributed by atoms with Crippen molar-refractivity contribution in [1.82, 2.24) is 5.32 Å². The lowest BCUT2D eigenvalue weighted by atomic mass is 9.91. The Labute approximate surface area is 145 Å². The molecule has 0 radical (unpaired) electrons. The Morgan fingerprint density at radius 2 is 1.58 bits per heavy atom. The molecule has 126 valence electrons. The fourth-order valence-electron chi connectivity index (χ4n) is 1.93. The van der Waals surface area contributed by atoms with Gasteiger partial charge in [-0.25, -0.2) is 4.39 Å². The Kier molecular flexibility index (Phi) is 5.57. The normalized spacial score (nSPS) is 11.0. The molecule has 0 unspecified atom stereocenters. The van der Waals surface area contributed by atoms with E-state index in [1.54, 1.807) is 36.4 Å². The topological polar surface area (TPSA) is 58.2 Å². The summed E-state index contributed by atoms with van der Waals surface area (Å²) in [4.78, 5) is 24.7. The number of carbonyl (C=O) groups excluding carboxylic acids is 2. The summed E-state index contributed by atoms with van der Waals surface area (Å²) in [6.45, 7) is 3.30. The molecular formula is C18H18ClFN2O2. The van der Waals surface area contributed by atoms with Crippen LogP contribution in [0.3, 0.4) is 0 Å². The monoisotopic (exact) mass is 348 g/mol. The van der Waals surface area contributed by atoms with Crippen molar-refractivity contribution >= 4 is 29.1 Å². The number of benzene rings is 2. The summed E-state index contributed by atoms with van der Waals surface area (Å²) in [5, 5.41) is 5.94. The molecule has 0 aliphatic heterocycles. The molecule has 2 aromatic carbocycles. The van der Waals surface area contributed by atoms with E-state index in [2.05, 4.69) is 10.6 Å². The Morgan fingerprint density at radius 1 is 1.00 bits per heavy atom. The second kappa shape index (κ2) is 7.45. The molecule has 0 fully saturated rings. The van der Waals surface area contributed by atoms with Crippen LogP contribution in [-0.2, 0) is 16.1 Å². The summed E-state index contributed by atoms with van der Waals surface area (Å²) in [5.41, 5.74) is 0.0436. The fourth-order valence-corrected chi connectivity index (χ4v) is 2.06. The van der Waals surface area contributed by atoms with Gasteiger partial charge < -0.3 is 10.6 Å². The lowest BCUT2D eigenvalue weighted by Gasteiger charge is -2.22. The summed E-state index contributed by atoms with van der Waals surface area (Å²) in [5.74, 6) is -1.19. The number of hydrogen-bond donors (Lipinski definition) is 2. The van der Waals surface area contributed by atoms with Crippen molar-refractivity contribution in [1.29, 1.82) is 0 Å². The first-order valence-corrected chi connectivity index (χ1v) is 7.76. The average Bonchev–Trinajstić information content (AvgIpc) is 2.56. The van der Waals surface area contributed by atoms with E-state index in [0.29, 0.717) is 10.7 Å². The highest BCUT2D eigenvalue weighted by atomic mass is 35.5. The minimum absolute atomic E-state index is 0.219. The van der Waals surface area contributed by atoms with Gasteiger partial charge in [-0.2, -0.15) is 0 Å². The number of halogens is 2. The van der Waals surface area contributed by atoms with Crippen molar-refractivity contribution in [2.75, 3.05) is 5.32 Å². The Morgan fingerprint density at radius 3 is 2.17 bits per heavy atom. The lowest BCUT2D eigenvalue weighted by Crippen LogP contribution is -2.44. The fraction of sp³-hybridized carbons (Fsp3) is 0.222. The molecule has 0 bridgehead atoms. The van der Waals surface area contributed by atoms with Crippen molar-refractivity contribution in [3.63, 3.8) is 0 Å². The second-order valence-electron chi connectivity index (χ2n) is 5.90. The maximum atomic E-state index is 12.9. The largest absolute Gasteiger partial charge is 0.351 e. The Bertz CT molecular complexity index is 728. The van der Waals surface area contributed by atoms with Gasteiger partial charge in [0, 0.05) is 17.3 Å². The van der Waals surface area contributed by atoms with Gasteiger partial charge >= 0.3 is 0 Å². The van der Waals surface area contributed by atoms with Crippen molar-refractivity contribution in [2.45, 2.75) is 20.4 Å². The van der Waals surface area contributed by atoms with Crippen LogP contribution in [0.1, 0.15) is 19.4 Å². The molecule has 0 heterocycles. The summed E-state index contributed by atoms with van der Waals surface area (Å²) in [6.07, 6.45) is 0. The first-order chi connectivity index (χ1) is 11.3. The summed E-state index contributed by atoms with van der Waals surface area (Å²) in [7, 11) is 0. The molecule has 0 aliphatic rings. The third kappa shape index (κ3) is 4.55.